The quantitative estimate of drug-likeness (QED) is 0.901. The summed E-state index contributed by atoms with van der Waals surface area (Å²) in [5.74, 6) is 0.210. The third-order valence-corrected chi connectivity index (χ3v) is 3.41. The zero-order chi connectivity index (χ0) is 13.5. The molecule has 2 rings (SSSR count). The number of carbonyl (C=O) groups excluding carboxylic acids is 1. The van der Waals surface area contributed by atoms with Gasteiger partial charge in [-0.05, 0) is 31.4 Å². The lowest BCUT2D eigenvalue weighted by molar-refractivity contribution is -0.131. The van der Waals surface area contributed by atoms with Crippen LogP contribution in [0.25, 0.3) is 0 Å². The molecule has 1 N–H and O–H groups in total. The van der Waals surface area contributed by atoms with Crippen molar-refractivity contribution >= 4 is 11.6 Å². The lowest BCUT2D eigenvalue weighted by Gasteiger charge is -2.26. The maximum absolute atomic E-state index is 12.0. The summed E-state index contributed by atoms with van der Waals surface area (Å²) < 4.78 is 0. The van der Waals surface area contributed by atoms with Crippen LogP contribution in [0, 0.1) is 11.3 Å². The van der Waals surface area contributed by atoms with E-state index in [9.17, 15) is 4.79 Å². The Hall–Kier alpha value is -2.02. The van der Waals surface area contributed by atoms with Crippen LogP contribution in [-0.4, -0.2) is 30.4 Å². The van der Waals surface area contributed by atoms with Crippen LogP contribution in [0.2, 0.25) is 0 Å². The van der Waals surface area contributed by atoms with E-state index in [4.69, 9.17) is 5.26 Å². The van der Waals surface area contributed by atoms with E-state index < -0.39 is 0 Å². The first-order valence-corrected chi connectivity index (χ1v) is 6.82. The minimum absolute atomic E-state index is 0.210. The summed E-state index contributed by atoms with van der Waals surface area (Å²) in [7, 11) is 0. The molecule has 1 amide bonds. The Bertz CT molecular complexity index is 473. The molecule has 1 heterocycles. The molecular formula is C15H19N3O. The molecular weight excluding hydrogens is 238 g/mol. The molecule has 100 valence electrons. The number of carbonyl (C=O) groups is 1. The maximum Gasteiger partial charge on any atom is 0.224 e. The van der Waals surface area contributed by atoms with Crippen molar-refractivity contribution in [2.45, 2.75) is 25.7 Å². The molecule has 0 spiro atoms. The van der Waals surface area contributed by atoms with Gasteiger partial charge >= 0.3 is 0 Å². The van der Waals surface area contributed by atoms with Crippen molar-refractivity contribution in [2.24, 2.45) is 0 Å². The summed E-state index contributed by atoms with van der Waals surface area (Å²) in [6, 6.07) is 9.50. The molecule has 0 radical (unpaired) electrons. The van der Waals surface area contributed by atoms with Gasteiger partial charge < -0.3 is 10.2 Å². The lowest BCUT2D eigenvalue weighted by atomic mass is 10.1. The number of nitrogens with zero attached hydrogens (tertiary/aromatic N) is 2. The van der Waals surface area contributed by atoms with Crippen molar-refractivity contribution in [1.29, 1.82) is 5.26 Å². The summed E-state index contributed by atoms with van der Waals surface area (Å²) in [5, 5.41) is 12.1. The molecule has 0 unspecified atom stereocenters. The van der Waals surface area contributed by atoms with Crippen LogP contribution in [0.1, 0.15) is 31.2 Å². The number of piperidine rings is 1. The van der Waals surface area contributed by atoms with E-state index in [0.717, 1.165) is 31.6 Å². The Morgan fingerprint density at radius 3 is 2.74 bits per heavy atom. The minimum Gasteiger partial charge on any atom is -0.383 e. The normalized spacial score (nSPS) is 14.8. The van der Waals surface area contributed by atoms with Crippen molar-refractivity contribution < 1.29 is 4.79 Å². The first-order valence-electron chi connectivity index (χ1n) is 6.82. The second-order valence-corrected chi connectivity index (χ2v) is 4.78. The van der Waals surface area contributed by atoms with Gasteiger partial charge in [0.15, 0.2) is 0 Å². The van der Waals surface area contributed by atoms with Crippen LogP contribution in [0.3, 0.4) is 0 Å². The number of nitrogens with one attached hydrogen (secondary N) is 1. The number of hydrogen-bond acceptors (Lipinski definition) is 3. The van der Waals surface area contributed by atoms with Gasteiger partial charge in [-0.2, -0.15) is 5.26 Å². The molecule has 1 aliphatic rings. The highest BCUT2D eigenvalue weighted by atomic mass is 16.2. The number of benzene rings is 1. The number of rotatable bonds is 4. The molecule has 1 fully saturated rings. The summed E-state index contributed by atoms with van der Waals surface area (Å²) >= 11 is 0. The topological polar surface area (TPSA) is 56.1 Å². The Kier molecular flexibility index (Phi) is 4.79. The maximum atomic E-state index is 12.0. The average molecular weight is 257 g/mol. The highest BCUT2D eigenvalue weighted by molar-refractivity contribution is 5.77. The Balaban J connectivity index is 1.80. The lowest BCUT2D eigenvalue weighted by Crippen LogP contribution is -2.36. The smallest absolute Gasteiger partial charge is 0.224 e. The standard InChI is InChI=1S/C15H19N3O/c16-12-13-6-2-3-7-14(13)17-9-8-15(19)18-10-4-1-5-11-18/h2-3,6-7,17H,1,4-5,8-11H2. The molecule has 0 aromatic heterocycles. The first-order chi connectivity index (χ1) is 9.31. The van der Waals surface area contributed by atoms with E-state index in [1.54, 1.807) is 6.07 Å². The van der Waals surface area contributed by atoms with Gasteiger partial charge in [-0.3, -0.25) is 4.79 Å². The second-order valence-electron chi connectivity index (χ2n) is 4.78. The number of hydrogen-bond donors (Lipinski definition) is 1. The number of likely N-dealkylation sites (tertiary alicyclic amines) is 1. The molecule has 1 aliphatic heterocycles. The zero-order valence-electron chi connectivity index (χ0n) is 11.1. The number of para-hydroxylation sites is 1. The molecule has 1 aromatic rings. The van der Waals surface area contributed by atoms with E-state index in [0.29, 0.717) is 18.5 Å². The molecule has 0 saturated carbocycles. The van der Waals surface area contributed by atoms with Gasteiger partial charge in [-0.15, -0.1) is 0 Å². The molecule has 0 atom stereocenters. The van der Waals surface area contributed by atoms with Gasteiger partial charge in [-0.1, -0.05) is 12.1 Å². The van der Waals surface area contributed by atoms with Crippen molar-refractivity contribution in [3.05, 3.63) is 29.8 Å². The molecule has 4 heteroatoms. The van der Waals surface area contributed by atoms with E-state index in [1.807, 2.05) is 23.1 Å². The van der Waals surface area contributed by atoms with E-state index >= 15 is 0 Å². The Morgan fingerprint density at radius 1 is 1.26 bits per heavy atom. The molecule has 1 aromatic carbocycles. The largest absolute Gasteiger partial charge is 0.383 e. The van der Waals surface area contributed by atoms with Crippen LogP contribution in [0.15, 0.2) is 24.3 Å². The first kappa shape index (κ1) is 13.4. The number of amides is 1. The fourth-order valence-electron chi connectivity index (χ4n) is 2.34. The SMILES string of the molecule is N#Cc1ccccc1NCCC(=O)N1CCCCC1. The van der Waals surface area contributed by atoms with Crippen LogP contribution in [0.5, 0.6) is 0 Å². The summed E-state index contributed by atoms with van der Waals surface area (Å²) in [6.45, 7) is 2.37. The van der Waals surface area contributed by atoms with Gasteiger partial charge in [0.25, 0.3) is 0 Å². The monoisotopic (exact) mass is 257 g/mol. The number of nitriles is 1. The molecule has 4 nitrogen and oxygen atoms in total. The highest BCUT2D eigenvalue weighted by Gasteiger charge is 2.15. The minimum atomic E-state index is 0.210. The van der Waals surface area contributed by atoms with Crippen LogP contribution >= 0.6 is 0 Å². The Labute approximate surface area is 114 Å². The molecule has 19 heavy (non-hydrogen) atoms. The van der Waals surface area contributed by atoms with Crippen molar-refractivity contribution in [3.8, 4) is 6.07 Å². The highest BCUT2D eigenvalue weighted by Crippen LogP contribution is 2.14. The van der Waals surface area contributed by atoms with E-state index in [2.05, 4.69) is 11.4 Å². The van der Waals surface area contributed by atoms with Gasteiger partial charge in [0.05, 0.1) is 11.3 Å². The Morgan fingerprint density at radius 2 is 2.00 bits per heavy atom. The number of anilines is 1. The third kappa shape index (κ3) is 3.72. The average Bonchev–Trinajstić information content (AvgIpc) is 2.48. The van der Waals surface area contributed by atoms with Crippen LogP contribution < -0.4 is 5.32 Å². The third-order valence-electron chi connectivity index (χ3n) is 3.41. The van der Waals surface area contributed by atoms with Crippen molar-refractivity contribution in [3.63, 3.8) is 0 Å². The van der Waals surface area contributed by atoms with Crippen LogP contribution in [0.4, 0.5) is 5.69 Å². The molecule has 0 bridgehead atoms. The fraction of sp³-hybridized carbons (Fsp3) is 0.467. The van der Waals surface area contributed by atoms with Gasteiger partial charge in [-0.25, -0.2) is 0 Å². The fourth-order valence-corrected chi connectivity index (χ4v) is 2.34. The van der Waals surface area contributed by atoms with Crippen LogP contribution in [-0.2, 0) is 4.79 Å². The van der Waals surface area contributed by atoms with Crippen molar-refractivity contribution in [1.82, 2.24) is 4.90 Å². The predicted octanol–water partition coefficient (Wildman–Crippen LogP) is 2.37. The van der Waals surface area contributed by atoms with Crippen molar-refractivity contribution in [2.75, 3.05) is 25.0 Å². The molecule has 1 saturated heterocycles. The van der Waals surface area contributed by atoms with E-state index in [1.165, 1.54) is 6.42 Å². The van der Waals surface area contributed by atoms with Gasteiger partial charge in [0.2, 0.25) is 5.91 Å². The van der Waals surface area contributed by atoms with E-state index in [-0.39, 0.29) is 5.91 Å². The van der Waals surface area contributed by atoms with Gasteiger partial charge in [0.1, 0.15) is 6.07 Å². The summed E-state index contributed by atoms with van der Waals surface area (Å²) in [6.07, 6.45) is 3.96. The summed E-state index contributed by atoms with van der Waals surface area (Å²) in [5.41, 5.74) is 1.42. The summed E-state index contributed by atoms with van der Waals surface area (Å²) in [4.78, 5) is 13.9. The second kappa shape index (κ2) is 6.79. The van der Waals surface area contributed by atoms with Gasteiger partial charge in [0, 0.05) is 26.1 Å². The molecule has 0 aliphatic carbocycles. The zero-order valence-corrected chi connectivity index (χ0v) is 11.1. The predicted molar refractivity (Wildman–Crippen MR) is 74.7 cm³/mol.